The number of rotatable bonds is 2. The van der Waals surface area contributed by atoms with Gasteiger partial charge in [-0.25, -0.2) is 9.78 Å². The minimum absolute atomic E-state index is 0.0266. The number of carbonyl (C=O) groups excluding carboxylic acids is 1. The lowest BCUT2D eigenvalue weighted by Crippen LogP contribution is -2.11. The average Bonchev–Trinajstić information content (AvgIpc) is 2.43. The van der Waals surface area contributed by atoms with Gasteiger partial charge in [0.25, 0.3) is 0 Å². The number of benzene rings is 1. The standard InChI is InChI=1S/C12H7Cl3N2O2/c13-6-5-8(10(15)11(16)9(6)14)19-12(18)7-3-1-2-4-17-7/h1-5H,16H2. The monoisotopic (exact) mass is 316 g/mol. The summed E-state index contributed by atoms with van der Waals surface area (Å²) < 4.78 is 5.09. The van der Waals surface area contributed by atoms with Crippen LogP contribution in [0.15, 0.2) is 30.5 Å². The van der Waals surface area contributed by atoms with Crippen molar-refractivity contribution in [3.63, 3.8) is 0 Å². The Morgan fingerprint density at radius 1 is 1.21 bits per heavy atom. The molecule has 0 atom stereocenters. The number of nitrogen functional groups attached to an aromatic ring is 1. The predicted molar refractivity (Wildman–Crippen MR) is 75.1 cm³/mol. The van der Waals surface area contributed by atoms with E-state index in [4.69, 9.17) is 45.3 Å². The van der Waals surface area contributed by atoms with Crippen molar-refractivity contribution in [3.8, 4) is 5.75 Å². The van der Waals surface area contributed by atoms with Gasteiger partial charge in [0, 0.05) is 12.3 Å². The molecule has 1 heterocycles. The molecule has 0 aliphatic carbocycles. The van der Waals surface area contributed by atoms with Gasteiger partial charge in [0.1, 0.15) is 10.7 Å². The highest BCUT2D eigenvalue weighted by molar-refractivity contribution is 6.46. The van der Waals surface area contributed by atoms with Gasteiger partial charge in [-0.3, -0.25) is 0 Å². The fraction of sp³-hybridized carbons (Fsp3) is 0. The molecule has 2 aromatic rings. The van der Waals surface area contributed by atoms with Crippen molar-refractivity contribution >= 4 is 46.5 Å². The number of ether oxygens (including phenoxy) is 1. The molecule has 7 heteroatoms. The molecule has 0 aliphatic rings. The molecule has 0 unspecified atom stereocenters. The molecule has 0 saturated carbocycles. The quantitative estimate of drug-likeness (QED) is 0.395. The summed E-state index contributed by atoms with van der Waals surface area (Å²) in [6.45, 7) is 0. The number of hydrogen-bond donors (Lipinski definition) is 1. The van der Waals surface area contributed by atoms with E-state index >= 15 is 0 Å². The Hall–Kier alpha value is -1.49. The van der Waals surface area contributed by atoms with Crippen LogP contribution in [0.25, 0.3) is 0 Å². The molecule has 0 amide bonds. The van der Waals surface area contributed by atoms with E-state index < -0.39 is 5.97 Å². The molecule has 98 valence electrons. The van der Waals surface area contributed by atoms with Gasteiger partial charge in [-0.2, -0.15) is 0 Å². The summed E-state index contributed by atoms with van der Waals surface area (Å²) in [5.41, 5.74) is 5.84. The van der Waals surface area contributed by atoms with Crippen molar-refractivity contribution in [2.45, 2.75) is 0 Å². The first kappa shape index (κ1) is 13.9. The molecular weight excluding hydrogens is 311 g/mol. The van der Waals surface area contributed by atoms with E-state index in [9.17, 15) is 4.79 Å². The summed E-state index contributed by atoms with van der Waals surface area (Å²) in [7, 11) is 0. The molecule has 0 radical (unpaired) electrons. The van der Waals surface area contributed by atoms with Crippen LogP contribution in [0.2, 0.25) is 15.1 Å². The summed E-state index contributed by atoms with van der Waals surface area (Å²) in [4.78, 5) is 15.7. The van der Waals surface area contributed by atoms with Gasteiger partial charge in [0.15, 0.2) is 5.75 Å². The van der Waals surface area contributed by atoms with E-state index in [1.165, 1.54) is 18.3 Å². The zero-order valence-corrected chi connectivity index (χ0v) is 11.6. The fourth-order valence-electron chi connectivity index (χ4n) is 1.31. The maximum absolute atomic E-state index is 11.8. The van der Waals surface area contributed by atoms with Crippen molar-refractivity contribution in [3.05, 3.63) is 51.2 Å². The van der Waals surface area contributed by atoms with E-state index in [1.54, 1.807) is 12.1 Å². The molecule has 2 rings (SSSR count). The number of pyridine rings is 1. The second kappa shape index (κ2) is 5.65. The van der Waals surface area contributed by atoms with Crippen molar-refractivity contribution in [1.29, 1.82) is 0 Å². The predicted octanol–water partition coefficient (Wildman–Crippen LogP) is 3.84. The van der Waals surface area contributed by atoms with Crippen LogP contribution >= 0.6 is 34.8 Å². The van der Waals surface area contributed by atoms with Gasteiger partial charge in [0.2, 0.25) is 0 Å². The third-order valence-electron chi connectivity index (χ3n) is 2.23. The van der Waals surface area contributed by atoms with Crippen molar-refractivity contribution in [2.75, 3.05) is 5.73 Å². The van der Waals surface area contributed by atoms with Gasteiger partial charge in [-0.05, 0) is 12.1 Å². The Kier molecular flexibility index (Phi) is 4.14. The summed E-state index contributed by atoms with van der Waals surface area (Å²) >= 11 is 17.6. The van der Waals surface area contributed by atoms with Crippen LogP contribution in [0, 0.1) is 0 Å². The van der Waals surface area contributed by atoms with Crippen LogP contribution in [0.3, 0.4) is 0 Å². The number of hydrogen-bond acceptors (Lipinski definition) is 4. The lowest BCUT2D eigenvalue weighted by molar-refractivity contribution is 0.0729. The van der Waals surface area contributed by atoms with Crippen molar-refractivity contribution < 1.29 is 9.53 Å². The summed E-state index contributed by atoms with van der Waals surface area (Å²) in [6.07, 6.45) is 1.47. The van der Waals surface area contributed by atoms with Gasteiger partial charge in [-0.1, -0.05) is 40.9 Å². The number of halogens is 3. The molecule has 2 N–H and O–H groups in total. The maximum Gasteiger partial charge on any atom is 0.362 e. The lowest BCUT2D eigenvalue weighted by atomic mass is 10.3. The maximum atomic E-state index is 11.8. The second-order valence-electron chi connectivity index (χ2n) is 3.50. The molecular formula is C12H7Cl3N2O2. The number of aromatic nitrogens is 1. The summed E-state index contributed by atoms with van der Waals surface area (Å²) in [6, 6.07) is 6.18. The van der Waals surface area contributed by atoms with Crippen LogP contribution < -0.4 is 10.5 Å². The van der Waals surface area contributed by atoms with E-state index in [2.05, 4.69) is 4.98 Å². The molecule has 19 heavy (non-hydrogen) atoms. The smallest absolute Gasteiger partial charge is 0.362 e. The van der Waals surface area contributed by atoms with Crippen LogP contribution in [0.1, 0.15) is 10.5 Å². The summed E-state index contributed by atoms with van der Waals surface area (Å²) in [5.74, 6) is -0.635. The second-order valence-corrected chi connectivity index (χ2v) is 4.67. The average molecular weight is 318 g/mol. The van der Waals surface area contributed by atoms with Gasteiger partial charge < -0.3 is 10.5 Å². The SMILES string of the molecule is Nc1c(Cl)c(Cl)cc(OC(=O)c2ccccn2)c1Cl. The first-order chi connectivity index (χ1) is 9.00. The molecule has 1 aromatic carbocycles. The fourth-order valence-corrected chi connectivity index (χ4v) is 1.90. The largest absolute Gasteiger partial charge is 0.420 e. The van der Waals surface area contributed by atoms with Crippen molar-refractivity contribution in [1.82, 2.24) is 4.98 Å². The Labute approximate surface area is 124 Å². The van der Waals surface area contributed by atoms with Gasteiger partial charge >= 0.3 is 5.97 Å². The van der Waals surface area contributed by atoms with Gasteiger partial charge in [0.05, 0.1) is 15.7 Å². The summed E-state index contributed by atoms with van der Waals surface area (Å²) in [5, 5.41) is 0.287. The van der Waals surface area contributed by atoms with E-state index in [0.29, 0.717) is 0 Å². The Morgan fingerprint density at radius 2 is 1.95 bits per heavy atom. The molecule has 0 saturated heterocycles. The molecule has 1 aromatic heterocycles. The topological polar surface area (TPSA) is 65.2 Å². The Bertz CT molecular complexity index is 633. The third kappa shape index (κ3) is 2.92. The van der Waals surface area contributed by atoms with Crippen LogP contribution in [0.5, 0.6) is 5.75 Å². The Morgan fingerprint density at radius 3 is 2.58 bits per heavy atom. The number of esters is 1. The molecule has 4 nitrogen and oxygen atoms in total. The highest BCUT2D eigenvalue weighted by Crippen LogP contribution is 2.40. The zero-order valence-electron chi connectivity index (χ0n) is 9.36. The van der Waals surface area contributed by atoms with Crippen LogP contribution in [-0.2, 0) is 0 Å². The van der Waals surface area contributed by atoms with E-state index in [1.807, 2.05) is 0 Å². The first-order valence-electron chi connectivity index (χ1n) is 5.07. The highest BCUT2D eigenvalue weighted by atomic mass is 35.5. The van der Waals surface area contributed by atoms with E-state index in [0.717, 1.165) is 0 Å². The molecule has 0 spiro atoms. The normalized spacial score (nSPS) is 10.3. The zero-order chi connectivity index (χ0) is 14.0. The van der Waals surface area contributed by atoms with Gasteiger partial charge in [-0.15, -0.1) is 0 Å². The highest BCUT2D eigenvalue weighted by Gasteiger charge is 2.17. The molecule has 0 aliphatic heterocycles. The number of anilines is 1. The van der Waals surface area contributed by atoms with Crippen LogP contribution in [0.4, 0.5) is 5.69 Å². The van der Waals surface area contributed by atoms with E-state index in [-0.39, 0.29) is 32.2 Å². The molecule has 0 fully saturated rings. The minimum atomic E-state index is -0.666. The van der Waals surface area contributed by atoms with Crippen molar-refractivity contribution in [2.24, 2.45) is 0 Å². The minimum Gasteiger partial charge on any atom is -0.420 e. The molecule has 0 bridgehead atoms. The Balaban J connectivity index is 2.32. The number of nitrogens with zero attached hydrogens (tertiary/aromatic N) is 1. The van der Waals surface area contributed by atoms with Crippen LogP contribution in [-0.4, -0.2) is 11.0 Å². The lowest BCUT2D eigenvalue weighted by Gasteiger charge is -2.10. The number of carbonyl (C=O) groups is 1. The third-order valence-corrected chi connectivity index (χ3v) is 3.43. The first-order valence-corrected chi connectivity index (χ1v) is 6.20. The number of nitrogens with two attached hydrogens (primary N) is 1.